The first-order valence-corrected chi connectivity index (χ1v) is 8.61. The van der Waals surface area contributed by atoms with Gasteiger partial charge in [0.1, 0.15) is 5.52 Å². The number of oxazole rings is 1. The summed E-state index contributed by atoms with van der Waals surface area (Å²) >= 11 is 0. The molecule has 2 saturated heterocycles. The van der Waals surface area contributed by atoms with Crippen molar-refractivity contribution in [1.29, 1.82) is 0 Å². The van der Waals surface area contributed by atoms with Gasteiger partial charge in [-0.2, -0.15) is 0 Å². The van der Waals surface area contributed by atoms with Crippen LogP contribution >= 0.6 is 0 Å². The summed E-state index contributed by atoms with van der Waals surface area (Å²) in [5.41, 5.74) is 1.72. The van der Waals surface area contributed by atoms with Crippen molar-refractivity contribution < 1.29 is 14.0 Å². The number of piperidine rings is 1. The fourth-order valence-electron chi connectivity index (χ4n) is 3.81. The van der Waals surface area contributed by atoms with E-state index >= 15 is 0 Å². The summed E-state index contributed by atoms with van der Waals surface area (Å²) in [6.45, 7) is 3.90. The summed E-state index contributed by atoms with van der Waals surface area (Å²) in [6.07, 6.45) is 2.12. The molecule has 126 valence electrons. The molecular formula is C18H21N3O3. The Morgan fingerprint density at radius 3 is 2.62 bits per heavy atom. The number of benzene rings is 1. The molecule has 2 aliphatic heterocycles. The molecule has 24 heavy (non-hydrogen) atoms. The highest BCUT2D eigenvalue weighted by atomic mass is 16.3. The van der Waals surface area contributed by atoms with Gasteiger partial charge in [0, 0.05) is 12.5 Å². The number of amides is 2. The van der Waals surface area contributed by atoms with Gasteiger partial charge in [0.2, 0.25) is 11.8 Å². The number of likely N-dealkylation sites (N-methyl/N-ethyl adjacent to an activating group) is 1. The number of nitrogens with zero attached hydrogens (tertiary/aromatic N) is 3. The molecule has 2 aromatic rings. The second-order valence-corrected chi connectivity index (χ2v) is 6.53. The standard InChI is InChI=1S/C18H21N3O3/c1-2-21-16(22)11-14(18(21)23)20-9-7-12(8-10-20)17-19-13-5-3-4-6-15(13)24-17/h3-6,12,14H,2,7-11H2,1H3/t14-/m1/s1. The predicted octanol–water partition coefficient (Wildman–Crippen LogP) is 2.15. The Labute approximate surface area is 140 Å². The second-order valence-electron chi connectivity index (χ2n) is 6.53. The lowest BCUT2D eigenvalue weighted by atomic mass is 9.95. The van der Waals surface area contributed by atoms with Crippen molar-refractivity contribution in [3.63, 3.8) is 0 Å². The lowest BCUT2D eigenvalue weighted by Crippen LogP contribution is -2.45. The topological polar surface area (TPSA) is 66.7 Å². The lowest BCUT2D eigenvalue weighted by molar-refractivity contribution is -0.139. The SMILES string of the molecule is CCN1C(=O)C[C@@H](N2CCC(c3nc4ccccc4o3)CC2)C1=O. The number of hydrogen-bond acceptors (Lipinski definition) is 5. The summed E-state index contributed by atoms with van der Waals surface area (Å²) in [5, 5.41) is 0. The van der Waals surface area contributed by atoms with E-state index in [0.717, 1.165) is 42.9 Å². The summed E-state index contributed by atoms with van der Waals surface area (Å²) in [6, 6.07) is 7.52. The molecule has 0 saturated carbocycles. The Balaban J connectivity index is 1.43. The molecule has 2 amide bonds. The Bertz CT molecular complexity index is 744. The van der Waals surface area contributed by atoms with Crippen LogP contribution in [0.2, 0.25) is 0 Å². The Hall–Kier alpha value is -2.21. The maximum absolute atomic E-state index is 12.3. The molecule has 0 unspecified atom stereocenters. The van der Waals surface area contributed by atoms with E-state index in [1.54, 1.807) is 0 Å². The average Bonchev–Trinajstić information content (AvgIpc) is 3.16. The van der Waals surface area contributed by atoms with Gasteiger partial charge in [0.15, 0.2) is 11.5 Å². The summed E-state index contributed by atoms with van der Waals surface area (Å²) in [7, 11) is 0. The Morgan fingerprint density at radius 1 is 1.21 bits per heavy atom. The van der Waals surface area contributed by atoms with Crippen molar-refractivity contribution in [3.05, 3.63) is 30.2 Å². The number of fused-ring (bicyclic) bond motifs is 1. The first kappa shape index (κ1) is 15.3. The van der Waals surface area contributed by atoms with E-state index in [9.17, 15) is 9.59 Å². The van der Waals surface area contributed by atoms with Crippen LogP contribution in [0, 0.1) is 0 Å². The molecule has 1 atom stereocenters. The molecule has 0 bridgehead atoms. The summed E-state index contributed by atoms with van der Waals surface area (Å²) in [5.74, 6) is 0.986. The maximum Gasteiger partial charge on any atom is 0.247 e. The Kier molecular flexibility index (Phi) is 3.84. The predicted molar refractivity (Wildman–Crippen MR) is 88.4 cm³/mol. The van der Waals surface area contributed by atoms with Crippen molar-refractivity contribution in [3.8, 4) is 0 Å². The molecule has 0 aliphatic carbocycles. The van der Waals surface area contributed by atoms with Crippen LogP contribution in [-0.4, -0.2) is 52.3 Å². The largest absolute Gasteiger partial charge is 0.440 e. The highest BCUT2D eigenvalue weighted by molar-refractivity contribution is 6.05. The number of carbonyl (C=O) groups excluding carboxylic acids is 2. The monoisotopic (exact) mass is 327 g/mol. The second kappa shape index (κ2) is 6.02. The van der Waals surface area contributed by atoms with E-state index < -0.39 is 0 Å². The molecule has 2 fully saturated rings. The minimum atomic E-state index is -0.276. The Morgan fingerprint density at radius 2 is 1.96 bits per heavy atom. The van der Waals surface area contributed by atoms with E-state index in [4.69, 9.17) is 4.42 Å². The highest BCUT2D eigenvalue weighted by Crippen LogP contribution is 2.32. The fourth-order valence-corrected chi connectivity index (χ4v) is 3.81. The zero-order valence-electron chi connectivity index (χ0n) is 13.8. The van der Waals surface area contributed by atoms with Crippen LogP contribution in [0.5, 0.6) is 0 Å². The van der Waals surface area contributed by atoms with Crippen LogP contribution in [0.25, 0.3) is 11.1 Å². The molecule has 1 aromatic heterocycles. The number of likely N-dealkylation sites (tertiary alicyclic amines) is 2. The summed E-state index contributed by atoms with van der Waals surface area (Å²) < 4.78 is 5.88. The maximum atomic E-state index is 12.3. The molecule has 0 radical (unpaired) electrons. The molecular weight excluding hydrogens is 306 g/mol. The van der Waals surface area contributed by atoms with Gasteiger partial charge in [-0.15, -0.1) is 0 Å². The third-order valence-electron chi connectivity index (χ3n) is 5.17. The quantitative estimate of drug-likeness (QED) is 0.808. The molecule has 3 heterocycles. The van der Waals surface area contributed by atoms with Crippen LogP contribution in [0.4, 0.5) is 0 Å². The van der Waals surface area contributed by atoms with E-state index in [-0.39, 0.29) is 23.8 Å². The average molecular weight is 327 g/mol. The third-order valence-corrected chi connectivity index (χ3v) is 5.17. The van der Waals surface area contributed by atoms with Gasteiger partial charge in [-0.1, -0.05) is 12.1 Å². The van der Waals surface area contributed by atoms with Gasteiger partial charge in [0.05, 0.1) is 12.5 Å². The molecule has 0 N–H and O–H groups in total. The molecule has 0 spiro atoms. The van der Waals surface area contributed by atoms with Crippen molar-refractivity contribution in [2.24, 2.45) is 0 Å². The number of carbonyl (C=O) groups is 2. The molecule has 4 rings (SSSR count). The van der Waals surface area contributed by atoms with E-state index in [2.05, 4.69) is 9.88 Å². The van der Waals surface area contributed by atoms with Gasteiger partial charge in [-0.3, -0.25) is 19.4 Å². The molecule has 6 nitrogen and oxygen atoms in total. The van der Waals surface area contributed by atoms with Gasteiger partial charge in [-0.25, -0.2) is 4.98 Å². The van der Waals surface area contributed by atoms with Crippen molar-refractivity contribution in [1.82, 2.24) is 14.8 Å². The molecule has 1 aromatic carbocycles. The van der Waals surface area contributed by atoms with E-state index in [1.165, 1.54) is 4.90 Å². The van der Waals surface area contributed by atoms with Crippen molar-refractivity contribution in [2.75, 3.05) is 19.6 Å². The van der Waals surface area contributed by atoms with Crippen LogP contribution in [0.1, 0.15) is 38.0 Å². The van der Waals surface area contributed by atoms with Crippen LogP contribution in [0.3, 0.4) is 0 Å². The fraction of sp³-hybridized carbons (Fsp3) is 0.500. The first-order chi connectivity index (χ1) is 11.7. The van der Waals surface area contributed by atoms with Crippen LogP contribution < -0.4 is 0 Å². The normalized spacial score (nSPS) is 23.5. The van der Waals surface area contributed by atoms with Crippen molar-refractivity contribution >= 4 is 22.9 Å². The number of aromatic nitrogens is 1. The van der Waals surface area contributed by atoms with Gasteiger partial charge < -0.3 is 4.42 Å². The minimum absolute atomic E-state index is 0.0391. The molecule has 2 aliphatic rings. The van der Waals surface area contributed by atoms with Crippen LogP contribution in [0.15, 0.2) is 28.7 Å². The number of imide groups is 1. The van der Waals surface area contributed by atoms with Gasteiger partial charge in [-0.05, 0) is 45.0 Å². The molecule has 6 heteroatoms. The third kappa shape index (κ3) is 2.51. The first-order valence-electron chi connectivity index (χ1n) is 8.61. The van der Waals surface area contributed by atoms with Gasteiger partial charge in [0.25, 0.3) is 0 Å². The van der Waals surface area contributed by atoms with Crippen LogP contribution in [-0.2, 0) is 9.59 Å². The lowest BCUT2D eigenvalue weighted by Gasteiger charge is -2.33. The smallest absolute Gasteiger partial charge is 0.247 e. The van der Waals surface area contributed by atoms with Gasteiger partial charge >= 0.3 is 0 Å². The zero-order chi connectivity index (χ0) is 16.7. The van der Waals surface area contributed by atoms with E-state index in [1.807, 2.05) is 31.2 Å². The summed E-state index contributed by atoms with van der Waals surface area (Å²) in [4.78, 5) is 32.4. The highest BCUT2D eigenvalue weighted by Gasteiger charge is 2.42. The van der Waals surface area contributed by atoms with E-state index in [0.29, 0.717) is 13.0 Å². The number of hydrogen-bond donors (Lipinski definition) is 0. The minimum Gasteiger partial charge on any atom is -0.440 e. The number of para-hydroxylation sites is 2. The van der Waals surface area contributed by atoms with Crippen molar-refractivity contribution in [2.45, 2.75) is 38.1 Å². The zero-order valence-corrected chi connectivity index (χ0v) is 13.8. The number of rotatable bonds is 3.